The van der Waals surface area contributed by atoms with Crippen molar-refractivity contribution in [2.75, 3.05) is 17.7 Å². The molecule has 0 spiro atoms. The minimum absolute atomic E-state index is 0.151. The van der Waals surface area contributed by atoms with Crippen molar-refractivity contribution in [3.05, 3.63) is 54.1 Å². The van der Waals surface area contributed by atoms with Crippen molar-refractivity contribution in [3.8, 4) is 5.75 Å². The molecular formula is C16H17FN2O2S. The van der Waals surface area contributed by atoms with Gasteiger partial charge in [-0.25, -0.2) is 4.39 Å². The quantitative estimate of drug-likeness (QED) is 0.848. The van der Waals surface area contributed by atoms with Gasteiger partial charge in [0, 0.05) is 24.2 Å². The molecule has 0 saturated heterocycles. The van der Waals surface area contributed by atoms with Crippen molar-refractivity contribution in [3.63, 3.8) is 0 Å². The number of hydrogen-bond donors (Lipinski definition) is 1. The largest absolute Gasteiger partial charge is 0.492 e. The maximum Gasteiger partial charge on any atom is 0.234 e. The van der Waals surface area contributed by atoms with Gasteiger partial charge in [-0.1, -0.05) is 6.07 Å². The van der Waals surface area contributed by atoms with Crippen LogP contribution in [0.1, 0.15) is 12.5 Å². The zero-order valence-corrected chi connectivity index (χ0v) is 13.0. The van der Waals surface area contributed by atoms with E-state index in [1.165, 1.54) is 30.0 Å². The number of carbonyl (C=O) groups is 1. The summed E-state index contributed by atoms with van der Waals surface area (Å²) in [5.41, 5.74) is 1.55. The fourth-order valence-electron chi connectivity index (χ4n) is 1.81. The van der Waals surface area contributed by atoms with Crippen LogP contribution >= 0.6 is 11.8 Å². The van der Waals surface area contributed by atoms with Crippen LogP contribution in [0.25, 0.3) is 0 Å². The van der Waals surface area contributed by atoms with Crippen LogP contribution in [0.2, 0.25) is 0 Å². The summed E-state index contributed by atoms with van der Waals surface area (Å²) < 4.78 is 18.5. The summed E-state index contributed by atoms with van der Waals surface area (Å²) in [7, 11) is 0. The molecule has 116 valence electrons. The minimum Gasteiger partial charge on any atom is -0.492 e. The van der Waals surface area contributed by atoms with E-state index in [1.807, 2.05) is 12.1 Å². The van der Waals surface area contributed by atoms with E-state index in [9.17, 15) is 9.18 Å². The first-order valence-electron chi connectivity index (χ1n) is 6.88. The van der Waals surface area contributed by atoms with E-state index >= 15 is 0 Å². The normalized spacial score (nSPS) is 10.3. The standard InChI is InChI=1S/C16H17FN2O2S/c1-2-21-15-8-13(17)5-6-14(15)19-16(20)11-22-10-12-4-3-7-18-9-12/h3-9H,2,10-11H2,1H3,(H,19,20). The highest BCUT2D eigenvalue weighted by molar-refractivity contribution is 7.99. The van der Waals surface area contributed by atoms with Crippen molar-refractivity contribution >= 4 is 23.4 Å². The van der Waals surface area contributed by atoms with Gasteiger partial charge >= 0.3 is 0 Å². The van der Waals surface area contributed by atoms with Crippen LogP contribution in [0.5, 0.6) is 5.75 Å². The predicted octanol–water partition coefficient (Wildman–Crippen LogP) is 3.49. The monoisotopic (exact) mass is 320 g/mol. The average Bonchev–Trinajstić information content (AvgIpc) is 2.51. The van der Waals surface area contributed by atoms with Crippen molar-refractivity contribution in [1.82, 2.24) is 4.98 Å². The first-order chi connectivity index (χ1) is 10.7. The lowest BCUT2D eigenvalue weighted by atomic mass is 10.3. The minimum atomic E-state index is -0.396. The van der Waals surface area contributed by atoms with Gasteiger partial charge in [-0.15, -0.1) is 11.8 Å². The molecule has 2 rings (SSSR count). The number of ether oxygens (including phenoxy) is 1. The van der Waals surface area contributed by atoms with E-state index in [2.05, 4.69) is 10.3 Å². The summed E-state index contributed by atoms with van der Waals surface area (Å²) in [5, 5.41) is 2.74. The average molecular weight is 320 g/mol. The molecule has 0 atom stereocenters. The lowest BCUT2D eigenvalue weighted by Gasteiger charge is -2.11. The van der Waals surface area contributed by atoms with E-state index in [4.69, 9.17) is 4.74 Å². The number of hydrogen-bond acceptors (Lipinski definition) is 4. The van der Waals surface area contributed by atoms with E-state index in [1.54, 1.807) is 19.3 Å². The van der Waals surface area contributed by atoms with Crippen LogP contribution in [0.3, 0.4) is 0 Å². The van der Waals surface area contributed by atoms with Gasteiger partial charge in [0.25, 0.3) is 0 Å². The predicted molar refractivity (Wildman–Crippen MR) is 86.6 cm³/mol. The number of aromatic nitrogens is 1. The van der Waals surface area contributed by atoms with Gasteiger partial charge in [0.05, 0.1) is 18.0 Å². The first-order valence-corrected chi connectivity index (χ1v) is 8.03. The molecular weight excluding hydrogens is 303 g/mol. The van der Waals surface area contributed by atoms with Crippen LogP contribution < -0.4 is 10.1 Å². The highest BCUT2D eigenvalue weighted by atomic mass is 32.2. The molecule has 1 heterocycles. The first kappa shape index (κ1) is 16.3. The Labute approximate surface area is 133 Å². The maximum absolute atomic E-state index is 13.2. The summed E-state index contributed by atoms with van der Waals surface area (Å²) in [5.74, 6) is 0.808. The molecule has 0 saturated carbocycles. The Bertz CT molecular complexity index is 623. The molecule has 0 aliphatic rings. The summed E-state index contributed by atoms with van der Waals surface area (Å²) in [6.07, 6.45) is 3.49. The second kappa shape index (κ2) is 8.38. The summed E-state index contributed by atoms with van der Waals surface area (Å²) in [4.78, 5) is 16.0. The molecule has 1 aromatic carbocycles. The van der Waals surface area contributed by atoms with Gasteiger partial charge < -0.3 is 10.1 Å². The Morgan fingerprint density at radius 2 is 2.27 bits per heavy atom. The van der Waals surface area contributed by atoms with Gasteiger partial charge in [0.1, 0.15) is 11.6 Å². The Kier molecular flexibility index (Phi) is 6.21. The topological polar surface area (TPSA) is 51.2 Å². The molecule has 2 aromatic rings. The second-order valence-corrected chi connectivity index (χ2v) is 5.46. The highest BCUT2D eigenvalue weighted by Crippen LogP contribution is 2.25. The van der Waals surface area contributed by atoms with Crippen LogP contribution in [-0.4, -0.2) is 23.3 Å². The molecule has 0 unspecified atom stereocenters. The number of thioether (sulfide) groups is 1. The maximum atomic E-state index is 13.2. The Hall–Kier alpha value is -2.08. The molecule has 0 aliphatic heterocycles. The van der Waals surface area contributed by atoms with Gasteiger partial charge in [0.2, 0.25) is 5.91 Å². The molecule has 6 heteroatoms. The molecule has 1 aromatic heterocycles. The lowest BCUT2D eigenvalue weighted by molar-refractivity contribution is -0.113. The van der Waals surface area contributed by atoms with Crippen LogP contribution in [0.4, 0.5) is 10.1 Å². The van der Waals surface area contributed by atoms with Crippen molar-refractivity contribution in [2.24, 2.45) is 0 Å². The van der Waals surface area contributed by atoms with E-state index in [-0.39, 0.29) is 5.91 Å². The fourth-order valence-corrected chi connectivity index (χ4v) is 2.57. The summed E-state index contributed by atoms with van der Waals surface area (Å²) in [6, 6.07) is 7.89. The van der Waals surface area contributed by atoms with Gasteiger partial charge in [-0.2, -0.15) is 0 Å². The van der Waals surface area contributed by atoms with Crippen molar-refractivity contribution < 1.29 is 13.9 Å². The smallest absolute Gasteiger partial charge is 0.234 e. The number of rotatable bonds is 7. The summed E-state index contributed by atoms with van der Waals surface area (Å²) >= 11 is 1.49. The number of benzene rings is 1. The number of nitrogens with one attached hydrogen (secondary N) is 1. The highest BCUT2D eigenvalue weighted by Gasteiger charge is 2.09. The molecule has 0 aliphatic carbocycles. The molecule has 1 amide bonds. The second-order valence-electron chi connectivity index (χ2n) is 4.48. The lowest BCUT2D eigenvalue weighted by Crippen LogP contribution is -2.15. The number of pyridine rings is 1. The van der Waals surface area contributed by atoms with Gasteiger partial charge in [-0.3, -0.25) is 9.78 Å². The van der Waals surface area contributed by atoms with Gasteiger partial charge in [-0.05, 0) is 30.7 Å². The van der Waals surface area contributed by atoms with Crippen LogP contribution in [0, 0.1) is 5.82 Å². The van der Waals surface area contributed by atoms with E-state index in [0.717, 1.165) is 5.56 Å². The van der Waals surface area contributed by atoms with Crippen molar-refractivity contribution in [2.45, 2.75) is 12.7 Å². The molecule has 0 bridgehead atoms. The zero-order chi connectivity index (χ0) is 15.8. The van der Waals surface area contributed by atoms with E-state index < -0.39 is 5.82 Å². The SMILES string of the molecule is CCOc1cc(F)ccc1NC(=O)CSCc1cccnc1. The Morgan fingerprint density at radius 3 is 3.00 bits per heavy atom. The molecule has 22 heavy (non-hydrogen) atoms. The van der Waals surface area contributed by atoms with Crippen LogP contribution in [-0.2, 0) is 10.5 Å². The molecule has 1 N–H and O–H groups in total. The van der Waals surface area contributed by atoms with Crippen molar-refractivity contribution in [1.29, 1.82) is 0 Å². The Morgan fingerprint density at radius 1 is 1.41 bits per heavy atom. The molecule has 0 fully saturated rings. The summed E-state index contributed by atoms with van der Waals surface area (Å²) in [6.45, 7) is 2.21. The molecule has 0 radical (unpaired) electrons. The number of amides is 1. The molecule has 4 nitrogen and oxygen atoms in total. The number of halogens is 1. The third-order valence-corrected chi connectivity index (χ3v) is 3.75. The van der Waals surface area contributed by atoms with Gasteiger partial charge in [0.15, 0.2) is 0 Å². The number of carbonyl (C=O) groups excluding carboxylic acids is 1. The Balaban J connectivity index is 1.86. The number of anilines is 1. The number of nitrogens with zero attached hydrogens (tertiary/aromatic N) is 1. The van der Waals surface area contributed by atoms with Crippen LogP contribution in [0.15, 0.2) is 42.7 Å². The third-order valence-electron chi connectivity index (χ3n) is 2.74. The third kappa shape index (κ3) is 5.04. The van der Waals surface area contributed by atoms with E-state index in [0.29, 0.717) is 29.5 Å². The zero-order valence-electron chi connectivity index (χ0n) is 12.2. The fraction of sp³-hybridized carbons (Fsp3) is 0.250.